The molecule has 0 N–H and O–H groups in total. The lowest BCUT2D eigenvalue weighted by molar-refractivity contribution is -0.138. The molecule has 4 nitrogen and oxygen atoms in total. The van der Waals surface area contributed by atoms with Crippen molar-refractivity contribution in [1.29, 1.82) is 0 Å². The Labute approximate surface area is 142 Å². The summed E-state index contributed by atoms with van der Waals surface area (Å²) in [6, 6.07) is 9.54. The van der Waals surface area contributed by atoms with Gasteiger partial charge in [0.05, 0.1) is 5.52 Å². The second kappa shape index (κ2) is 6.42. The first kappa shape index (κ1) is 15.4. The van der Waals surface area contributed by atoms with Crippen molar-refractivity contribution in [3.63, 3.8) is 0 Å². The van der Waals surface area contributed by atoms with Crippen LogP contribution >= 0.6 is 0 Å². The molecule has 2 atom stereocenters. The van der Waals surface area contributed by atoms with Crippen molar-refractivity contribution >= 4 is 16.8 Å². The molecule has 2 aliphatic rings. The van der Waals surface area contributed by atoms with Gasteiger partial charge in [-0.1, -0.05) is 25.0 Å². The van der Waals surface area contributed by atoms with Gasteiger partial charge in [0.15, 0.2) is 5.43 Å². The highest BCUT2D eigenvalue weighted by Crippen LogP contribution is 2.35. The number of para-hydroxylation sites is 1. The zero-order chi connectivity index (χ0) is 16.5. The van der Waals surface area contributed by atoms with Gasteiger partial charge in [-0.05, 0) is 43.7 Å². The molecule has 0 spiro atoms. The molecule has 4 heteroatoms. The highest BCUT2D eigenvalue weighted by atomic mass is 16.2. The smallest absolute Gasteiger partial charge is 0.242 e. The molecule has 1 aromatic carbocycles. The van der Waals surface area contributed by atoms with Crippen LogP contribution in [0.4, 0.5) is 0 Å². The average Bonchev–Trinajstić information content (AvgIpc) is 2.64. The maximum Gasteiger partial charge on any atom is 0.242 e. The second-order valence-electron chi connectivity index (χ2n) is 7.17. The van der Waals surface area contributed by atoms with Crippen molar-refractivity contribution < 1.29 is 4.79 Å². The lowest BCUT2D eigenvalue weighted by Crippen LogP contribution is -2.50. The average molecular weight is 324 g/mol. The number of pyridine rings is 1. The summed E-state index contributed by atoms with van der Waals surface area (Å²) in [4.78, 5) is 27.1. The van der Waals surface area contributed by atoms with Gasteiger partial charge >= 0.3 is 0 Å². The largest absolute Gasteiger partial charge is 0.338 e. The molecule has 1 saturated heterocycles. The predicted molar refractivity (Wildman–Crippen MR) is 94.9 cm³/mol. The first-order valence-electron chi connectivity index (χ1n) is 9.12. The number of carbonyl (C=O) groups excluding carboxylic acids is 1. The van der Waals surface area contributed by atoms with Crippen LogP contribution in [0.25, 0.3) is 10.9 Å². The Morgan fingerprint density at radius 3 is 2.75 bits per heavy atom. The number of hydrogen-bond acceptors (Lipinski definition) is 2. The predicted octanol–water partition coefficient (Wildman–Crippen LogP) is 3.18. The van der Waals surface area contributed by atoms with E-state index in [1.807, 2.05) is 28.8 Å². The van der Waals surface area contributed by atoms with Crippen LogP contribution < -0.4 is 5.43 Å². The Kier molecular flexibility index (Phi) is 4.13. The number of hydrogen-bond donors (Lipinski definition) is 0. The van der Waals surface area contributed by atoms with Gasteiger partial charge in [0.25, 0.3) is 0 Å². The molecular formula is C20H24N2O2. The van der Waals surface area contributed by atoms with E-state index in [1.165, 1.54) is 25.7 Å². The summed E-state index contributed by atoms with van der Waals surface area (Å²) in [6.07, 6.45) is 9.13. The fourth-order valence-electron chi connectivity index (χ4n) is 4.57. The van der Waals surface area contributed by atoms with Crippen LogP contribution in [-0.2, 0) is 11.3 Å². The summed E-state index contributed by atoms with van der Waals surface area (Å²) in [5.74, 6) is 0.891. The Morgan fingerprint density at radius 2 is 1.83 bits per heavy atom. The number of likely N-dealkylation sites (tertiary alicyclic amines) is 1. The van der Waals surface area contributed by atoms with Gasteiger partial charge in [-0.15, -0.1) is 0 Å². The first-order valence-corrected chi connectivity index (χ1v) is 9.12. The van der Waals surface area contributed by atoms with E-state index in [0.29, 0.717) is 23.9 Å². The Hall–Kier alpha value is -2.10. The van der Waals surface area contributed by atoms with Crippen LogP contribution in [0.1, 0.15) is 38.5 Å². The Bertz CT molecular complexity index is 809. The highest BCUT2D eigenvalue weighted by molar-refractivity contribution is 5.82. The number of fused-ring (bicyclic) bond motifs is 2. The van der Waals surface area contributed by atoms with E-state index < -0.39 is 0 Å². The zero-order valence-corrected chi connectivity index (χ0v) is 14.0. The standard InChI is InChI=1S/C20H24N2O2/c23-19-11-13-21(18-10-4-2-8-16(18)19)14-20(24)22-12-5-7-15-6-1-3-9-17(15)22/h2,4,8,10-11,13,15,17H,1,3,5-7,9,12,14H2/t15-,17-/m0/s1. The van der Waals surface area contributed by atoms with Crippen molar-refractivity contribution in [3.05, 3.63) is 46.8 Å². The molecule has 0 radical (unpaired) electrons. The fourth-order valence-corrected chi connectivity index (χ4v) is 4.57. The minimum Gasteiger partial charge on any atom is -0.338 e. The summed E-state index contributed by atoms with van der Waals surface area (Å²) < 4.78 is 1.92. The Morgan fingerprint density at radius 1 is 1.04 bits per heavy atom. The van der Waals surface area contributed by atoms with Crippen LogP contribution in [0.5, 0.6) is 0 Å². The van der Waals surface area contributed by atoms with Gasteiger partial charge in [0.2, 0.25) is 5.91 Å². The van der Waals surface area contributed by atoms with Crippen molar-refractivity contribution in [2.45, 2.75) is 51.1 Å². The van der Waals surface area contributed by atoms with Gasteiger partial charge in [-0.3, -0.25) is 9.59 Å². The van der Waals surface area contributed by atoms with E-state index in [2.05, 4.69) is 4.90 Å². The zero-order valence-electron chi connectivity index (χ0n) is 14.0. The molecule has 1 saturated carbocycles. The van der Waals surface area contributed by atoms with Crippen LogP contribution in [0.2, 0.25) is 0 Å². The van der Waals surface area contributed by atoms with E-state index in [-0.39, 0.29) is 11.3 Å². The van der Waals surface area contributed by atoms with E-state index >= 15 is 0 Å². The molecule has 1 aliphatic heterocycles. The molecule has 0 bridgehead atoms. The maximum atomic E-state index is 13.0. The summed E-state index contributed by atoms with van der Waals surface area (Å²) >= 11 is 0. The van der Waals surface area contributed by atoms with Crippen molar-refractivity contribution in [2.24, 2.45) is 5.92 Å². The number of nitrogens with zero attached hydrogens (tertiary/aromatic N) is 2. The third-order valence-corrected chi connectivity index (χ3v) is 5.75. The number of aromatic nitrogens is 1. The number of rotatable bonds is 2. The summed E-state index contributed by atoms with van der Waals surface area (Å²) in [6.45, 7) is 1.21. The van der Waals surface area contributed by atoms with Crippen molar-refractivity contribution in [3.8, 4) is 0 Å². The molecule has 2 aromatic rings. The van der Waals surface area contributed by atoms with E-state index in [9.17, 15) is 9.59 Å². The van der Waals surface area contributed by atoms with Crippen molar-refractivity contribution in [2.75, 3.05) is 6.54 Å². The van der Waals surface area contributed by atoms with Crippen LogP contribution in [0.15, 0.2) is 41.3 Å². The topological polar surface area (TPSA) is 42.3 Å². The second-order valence-corrected chi connectivity index (χ2v) is 7.17. The third kappa shape index (κ3) is 2.74. The SMILES string of the molecule is O=C(Cn1ccc(=O)c2ccccc21)N1CCC[C@@H]2CCCC[C@@H]21. The lowest BCUT2D eigenvalue weighted by atomic mass is 9.78. The molecule has 4 rings (SSSR count). The van der Waals surface area contributed by atoms with Gasteiger partial charge in [-0.25, -0.2) is 0 Å². The number of carbonyl (C=O) groups is 1. The first-order chi connectivity index (χ1) is 11.7. The number of benzene rings is 1. The van der Waals surface area contributed by atoms with Crippen LogP contribution in [-0.4, -0.2) is 28.0 Å². The highest BCUT2D eigenvalue weighted by Gasteiger charge is 2.35. The van der Waals surface area contributed by atoms with Gasteiger partial charge < -0.3 is 9.47 Å². The van der Waals surface area contributed by atoms with Gasteiger partial charge in [-0.2, -0.15) is 0 Å². The van der Waals surface area contributed by atoms with Gasteiger partial charge in [0.1, 0.15) is 6.54 Å². The Balaban J connectivity index is 1.60. The molecule has 1 aromatic heterocycles. The monoisotopic (exact) mass is 324 g/mol. The van der Waals surface area contributed by atoms with E-state index in [1.54, 1.807) is 12.3 Å². The van der Waals surface area contributed by atoms with E-state index in [0.717, 1.165) is 24.9 Å². The summed E-state index contributed by atoms with van der Waals surface area (Å²) in [7, 11) is 0. The number of piperidine rings is 1. The van der Waals surface area contributed by atoms with Crippen LogP contribution in [0.3, 0.4) is 0 Å². The molecule has 1 amide bonds. The number of amides is 1. The normalized spacial score (nSPS) is 23.9. The summed E-state index contributed by atoms with van der Waals surface area (Å²) in [5, 5.41) is 0.682. The fraction of sp³-hybridized carbons (Fsp3) is 0.500. The molecular weight excluding hydrogens is 300 g/mol. The summed E-state index contributed by atoms with van der Waals surface area (Å²) in [5.41, 5.74) is 0.857. The molecule has 2 fully saturated rings. The molecule has 1 aliphatic carbocycles. The maximum absolute atomic E-state index is 13.0. The quantitative estimate of drug-likeness (QED) is 0.851. The third-order valence-electron chi connectivity index (χ3n) is 5.75. The molecule has 24 heavy (non-hydrogen) atoms. The molecule has 126 valence electrons. The van der Waals surface area contributed by atoms with Crippen molar-refractivity contribution in [1.82, 2.24) is 9.47 Å². The molecule has 0 unspecified atom stereocenters. The van der Waals surface area contributed by atoms with Gasteiger partial charge in [0, 0.05) is 30.2 Å². The minimum absolute atomic E-state index is 0.0135. The minimum atomic E-state index is 0.0135. The lowest BCUT2D eigenvalue weighted by Gasteiger charge is -2.44. The molecule has 2 heterocycles. The van der Waals surface area contributed by atoms with Crippen LogP contribution in [0, 0.1) is 5.92 Å². The van der Waals surface area contributed by atoms with E-state index in [4.69, 9.17) is 0 Å².